The molecule has 0 fully saturated rings. The van der Waals surface area contributed by atoms with Gasteiger partial charge in [0.2, 0.25) is 5.91 Å². The van der Waals surface area contributed by atoms with Gasteiger partial charge in [-0.15, -0.1) is 10.2 Å². The summed E-state index contributed by atoms with van der Waals surface area (Å²) >= 11 is 7.37. The number of carbonyl (C=O) groups is 1. The summed E-state index contributed by atoms with van der Waals surface area (Å²) in [4.78, 5) is 12.2. The van der Waals surface area contributed by atoms with Gasteiger partial charge in [0.05, 0.1) is 12.3 Å². The number of thioether (sulfide) groups is 1. The van der Waals surface area contributed by atoms with E-state index in [1.54, 1.807) is 24.3 Å². The number of halogens is 2. The van der Waals surface area contributed by atoms with Gasteiger partial charge in [0, 0.05) is 23.4 Å². The minimum absolute atomic E-state index is 0.149. The summed E-state index contributed by atoms with van der Waals surface area (Å²) in [6.07, 6.45) is 0. The highest BCUT2D eigenvalue weighted by Gasteiger charge is 2.12. The van der Waals surface area contributed by atoms with E-state index in [0.29, 0.717) is 28.2 Å². The molecular formula is C19H19ClFN5OS. The molecule has 0 atom stereocenters. The number of rotatable bonds is 7. The molecule has 0 saturated carbocycles. The van der Waals surface area contributed by atoms with Crippen LogP contribution < -0.4 is 10.6 Å². The Labute approximate surface area is 171 Å². The molecule has 0 unspecified atom stereocenters. The standard InChI is InChI=1S/C19H19ClFN5OS/c1-12-15(20)4-3-5-16(12)23-18(27)11-28-19-25-24-17(26(19)2)10-22-14-8-6-13(21)7-9-14/h3-9,22H,10-11H2,1-2H3,(H,23,27). The normalized spacial score (nSPS) is 10.7. The molecule has 28 heavy (non-hydrogen) atoms. The second-order valence-corrected chi connectivity index (χ2v) is 7.42. The monoisotopic (exact) mass is 419 g/mol. The van der Waals surface area contributed by atoms with Gasteiger partial charge < -0.3 is 15.2 Å². The topological polar surface area (TPSA) is 71.8 Å². The van der Waals surface area contributed by atoms with Crippen molar-refractivity contribution in [2.75, 3.05) is 16.4 Å². The summed E-state index contributed by atoms with van der Waals surface area (Å²) in [7, 11) is 1.84. The lowest BCUT2D eigenvalue weighted by Crippen LogP contribution is -2.15. The van der Waals surface area contributed by atoms with E-state index < -0.39 is 0 Å². The van der Waals surface area contributed by atoms with E-state index in [4.69, 9.17) is 11.6 Å². The van der Waals surface area contributed by atoms with Crippen LogP contribution in [-0.4, -0.2) is 26.4 Å². The zero-order valence-corrected chi connectivity index (χ0v) is 16.9. The molecule has 2 N–H and O–H groups in total. The van der Waals surface area contributed by atoms with Gasteiger partial charge in [0.1, 0.15) is 5.82 Å². The quantitative estimate of drug-likeness (QED) is 0.560. The summed E-state index contributed by atoms with van der Waals surface area (Å²) in [6, 6.07) is 11.5. The molecule has 9 heteroatoms. The molecule has 0 saturated heterocycles. The van der Waals surface area contributed by atoms with Gasteiger partial charge in [-0.05, 0) is 48.9 Å². The summed E-state index contributed by atoms with van der Waals surface area (Å²) in [5, 5.41) is 15.5. The Balaban J connectivity index is 1.54. The average molecular weight is 420 g/mol. The molecule has 6 nitrogen and oxygen atoms in total. The minimum atomic E-state index is -0.283. The average Bonchev–Trinajstić information content (AvgIpc) is 3.03. The van der Waals surface area contributed by atoms with Crippen molar-refractivity contribution in [2.24, 2.45) is 7.05 Å². The molecule has 0 spiro atoms. The fourth-order valence-electron chi connectivity index (χ4n) is 2.43. The maximum Gasteiger partial charge on any atom is 0.234 e. The van der Waals surface area contributed by atoms with Gasteiger partial charge in [-0.3, -0.25) is 4.79 Å². The van der Waals surface area contributed by atoms with Crippen LogP contribution in [0.15, 0.2) is 47.6 Å². The van der Waals surface area contributed by atoms with Crippen LogP contribution in [0.5, 0.6) is 0 Å². The van der Waals surface area contributed by atoms with Gasteiger partial charge in [-0.1, -0.05) is 29.4 Å². The zero-order valence-electron chi connectivity index (χ0n) is 15.4. The number of carbonyl (C=O) groups excluding carboxylic acids is 1. The Morgan fingerprint density at radius 2 is 1.96 bits per heavy atom. The molecule has 0 bridgehead atoms. The van der Waals surface area contributed by atoms with Crippen molar-refractivity contribution in [3.63, 3.8) is 0 Å². The summed E-state index contributed by atoms with van der Waals surface area (Å²) in [5.41, 5.74) is 2.31. The predicted molar refractivity (Wildman–Crippen MR) is 110 cm³/mol. The van der Waals surface area contributed by atoms with Gasteiger partial charge in [-0.2, -0.15) is 0 Å². The molecular weight excluding hydrogens is 401 g/mol. The molecule has 3 rings (SSSR count). The summed E-state index contributed by atoms with van der Waals surface area (Å²) < 4.78 is 14.8. The Morgan fingerprint density at radius 1 is 1.21 bits per heavy atom. The first-order chi connectivity index (χ1) is 13.4. The van der Waals surface area contributed by atoms with E-state index in [2.05, 4.69) is 20.8 Å². The highest BCUT2D eigenvalue weighted by Crippen LogP contribution is 2.23. The lowest BCUT2D eigenvalue weighted by Gasteiger charge is -2.09. The van der Waals surface area contributed by atoms with Gasteiger partial charge in [0.25, 0.3) is 0 Å². The number of nitrogens with zero attached hydrogens (tertiary/aromatic N) is 3. The maximum atomic E-state index is 13.0. The highest BCUT2D eigenvalue weighted by atomic mass is 35.5. The second kappa shape index (κ2) is 9.07. The van der Waals surface area contributed by atoms with Crippen molar-refractivity contribution in [1.82, 2.24) is 14.8 Å². The fourth-order valence-corrected chi connectivity index (χ4v) is 3.34. The number of hydrogen-bond acceptors (Lipinski definition) is 5. The Hall–Kier alpha value is -2.58. The Morgan fingerprint density at radius 3 is 2.71 bits per heavy atom. The maximum absolute atomic E-state index is 13.0. The number of aromatic nitrogens is 3. The fraction of sp³-hybridized carbons (Fsp3) is 0.211. The first-order valence-electron chi connectivity index (χ1n) is 8.49. The van der Waals surface area contributed by atoms with Gasteiger partial charge in [0.15, 0.2) is 11.0 Å². The van der Waals surface area contributed by atoms with Crippen LogP contribution in [0.25, 0.3) is 0 Å². The molecule has 0 aliphatic rings. The number of hydrogen-bond donors (Lipinski definition) is 2. The molecule has 3 aromatic rings. The number of anilines is 2. The summed E-state index contributed by atoms with van der Waals surface area (Å²) in [6.45, 7) is 2.29. The van der Waals surface area contributed by atoms with Crippen LogP contribution in [0.3, 0.4) is 0 Å². The van der Waals surface area contributed by atoms with Crippen molar-refractivity contribution in [3.05, 3.63) is 64.7 Å². The van der Waals surface area contributed by atoms with Crippen LogP contribution >= 0.6 is 23.4 Å². The minimum Gasteiger partial charge on any atom is -0.378 e. The van der Waals surface area contributed by atoms with Gasteiger partial charge >= 0.3 is 0 Å². The van der Waals surface area contributed by atoms with Gasteiger partial charge in [-0.25, -0.2) is 4.39 Å². The highest BCUT2D eigenvalue weighted by molar-refractivity contribution is 7.99. The van der Waals surface area contributed by atoms with Crippen LogP contribution in [0.4, 0.5) is 15.8 Å². The SMILES string of the molecule is Cc1c(Cl)cccc1NC(=O)CSc1nnc(CNc2ccc(F)cc2)n1C. The largest absolute Gasteiger partial charge is 0.378 e. The first kappa shape index (κ1) is 20.2. The van der Waals surface area contributed by atoms with E-state index in [-0.39, 0.29) is 17.5 Å². The van der Waals surface area contributed by atoms with Crippen molar-refractivity contribution >= 4 is 40.6 Å². The number of nitrogens with one attached hydrogen (secondary N) is 2. The van der Waals surface area contributed by atoms with E-state index in [1.165, 1.54) is 23.9 Å². The third kappa shape index (κ3) is 5.02. The van der Waals surface area contributed by atoms with Crippen molar-refractivity contribution in [2.45, 2.75) is 18.6 Å². The first-order valence-corrected chi connectivity index (χ1v) is 9.86. The third-order valence-corrected chi connectivity index (χ3v) is 5.52. The zero-order chi connectivity index (χ0) is 20.1. The molecule has 1 amide bonds. The second-order valence-electron chi connectivity index (χ2n) is 6.07. The van der Waals surface area contributed by atoms with Crippen LogP contribution in [0, 0.1) is 12.7 Å². The van der Waals surface area contributed by atoms with E-state index >= 15 is 0 Å². The lowest BCUT2D eigenvalue weighted by atomic mass is 10.2. The smallest absolute Gasteiger partial charge is 0.234 e. The van der Waals surface area contributed by atoms with E-state index in [9.17, 15) is 9.18 Å². The molecule has 146 valence electrons. The van der Waals surface area contributed by atoms with E-state index in [1.807, 2.05) is 24.6 Å². The lowest BCUT2D eigenvalue weighted by molar-refractivity contribution is -0.113. The third-order valence-electron chi connectivity index (χ3n) is 4.09. The Kier molecular flexibility index (Phi) is 6.53. The van der Waals surface area contributed by atoms with Crippen molar-refractivity contribution < 1.29 is 9.18 Å². The molecule has 0 aliphatic heterocycles. The predicted octanol–water partition coefficient (Wildman–Crippen LogP) is 4.26. The molecule has 1 heterocycles. The molecule has 2 aromatic carbocycles. The van der Waals surface area contributed by atoms with Crippen LogP contribution in [0.1, 0.15) is 11.4 Å². The Bertz CT molecular complexity index is 977. The summed E-state index contributed by atoms with van der Waals surface area (Å²) in [5.74, 6) is 0.472. The molecule has 0 radical (unpaired) electrons. The number of amides is 1. The van der Waals surface area contributed by atoms with Crippen LogP contribution in [-0.2, 0) is 18.4 Å². The van der Waals surface area contributed by atoms with E-state index in [0.717, 1.165) is 11.3 Å². The van der Waals surface area contributed by atoms with Crippen LogP contribution in [0.2, 0.25) is 5.02 Å². The van der Waals surface area contributed by atoms with Crippen molar-refractivity contribution in [1.29, 1.82) is 0 Å². The number of benzene rings is 2. The molecule has 1 aromatic heterocycles. The molecule has 0 aliphatic carbocycles. The van der Waals surface area contributed by atoms with Crippen molar-refractivity contribution in [3.8, 4) is 0 Å².